The van der Waals surface area contributed by atoms with E-state index < -0.39 is 21.5 Å². The number of hydrogen-bond donors (Lipinski definition) is 1. The molecule has 1 aliphatic heterocycles. The molecule has 0 saturated carbocycles. The lowest BCUT2D eigenvalue weighted by atomic mass is 10.0. The molecule has 2 aromatic rings. The van der Waals surface area contributed by atoms with Crippen molar-refractivity contribution in [2.45, 2.75) is 10.9 Å². The molecule has 0 aliphatic carbocycles. The van der Waals surface area contributed by atoms with Gasteiger partial charge in [0.1, 0.15) is 11.5 Å². The number of nitrogens with one attached hydrogen (secondary N) is 1. The van der Waals surface area contributed by atoms with Crippen LogP contribution in [0.2, 0.25) is 5.02 Å². The average molecular weight is 453 g/mol. The fourth-order valence-corrected chi connectivity index (χ4v) is 4.62. The van der Waals surface area contributed by atoms with E-state index in [1.165, 1.54) is 24.3 Å². The molecule has 0 bridgehead atoms. The number of sulfone groups is 1. The van der Waals surface area contributed by atoms with Gasteiger partial charge < -0.3 is 14.8 Å². The normalized spacial score (nSPS) is 16.1. The molecular weight excluding hydrogens is 428 g/mol. The third kappa shape index (κ3) is 5.95. The average Bonchev–Trinajstić information content (AvgIpc) is 2.75. The zero-order valence-electron chi connectivity index (χ0n) is 16.7. The maximum absolute atomic E-state index is 12.5. The van der Waals surface area contributed by atoms with Crippen molar-refractivity contribution in [3.05, 3.63) is 59.1 Å². The summed E-state index contributed by atoms with van der Waals surface area (Å²) in [6.45, 7) is 2.99. The van der Waals surface area contributed by atoms with Crippen molar-refractivity contribution in [2.75, 3.05) is 45.7 Å². The molecule has 7 nitrogen and oxygen atoms in total. The topological polar surface area (TPSA) is 84.9 Å². The van der Waals surface area contributed by atoms with Gasteiger partial charge in [-0.15, -0.1) is 0 Å². The molecule has 1 unspecified atom stereocenters. The van der Waals surface area contributed by atoms with Crippen LogP contribution in [0.5, 0.6) is 5.75 Å². The second-order valence-electron chi connectivity index (χ2n) is 6.95. The highest BCUT2D eigenvalue weighted by Crippen LogP contribution is 2.24. The molecule has 1 N–H and O–H groups in total. The van der Waals surface area contributed by atoms with E-state index in [4.69, 9.17) is 21.1 Å². The van der Waals surface area contributed by atoms with Crippen molar-refractivity contribution in [1.82, 2.24) is 10.2 Å². The SMILES string of the molecule is COc1ccc(C(CNC(=O)CS(=O)(=O)c2ccc(Cl)cc2)N2CCOCC2)cc1. The Morgan fingerprint density at radius 1 is 1.13 bits per heavy atom. The minimum absolute atomic E-state index is 0.0712. The summed E-state index contributed by atoms with van der Waals surface area (Å²) in [6, 6.07) is 13.3. The molecule has 1 atom stereocenters. The van der Waals surface area contributed by atoms with Crippen LogP contribution in [0.3, 0.4) is 0 Å². The van der Waals surface area contributed by atoms with Gasteiger partial charge in [0.25, 0.3) is 0 Å². The number of amides is 1. The second-order valence-corrected chi connectivity index (χ2v) is 9.38. The van der Waals surface area contributed by atoms with Crippen LogP contribution < -0.4 is 10.1 Å². The van der Waals surface area contributed by atoms with Gasteiger partial charge in [-0.3, -0.25) is 9.69 Å². The van der Waals surface area contributed by atoms with Gasteiger partial charge in [0.05, 0.1) is 31.3 Å². The summed E-state index contributed by atoms with van der Waals surface area (Å²) in [5.41, 5.74) is 1.01. The fraction of sp³-hybridized carbons (Fsp3) is 0.381. The van der Waals surface area contributed by atoms with E-state index >= 15 is 0 Å². The van der Waals surface area contributed by atoms with Crippen molar-refractivity contribution in [3.63, 3.8) is 0 Å². The van der Waals surface area contributed by atoms with Crippen LogP contribution in [0.4, 0.5) is 0 Å². The number of halogens is 1. The molecule has 1 fully saturated rings. The Kier molecular flexibility index (Phi) is 7.71. The van der Waals surface area contributed by atoms with Crippen LogP contribution in [-0.2, 0) is 19.4 Å². The highest BCUT2D eigenvalue weighted by molar-refractivity contribution is 7.92. The molecule has 3 rings (SSSR count). The number of rotatable bonds is 8. The number of ether oxygens (including phenoxy) is 2. The standard InChI is InChI=1S/C21H25ClN2O5S/c1-28-18-6-2-16(3-7-18)20(24-10-12-29-13-11-24)14-23-21(25)15-30(26,27)19-8-4-17(22)5-9-19/h2-9,20H,10-15H2,1H3,(H,23,25). The zero-order chi connectivity index (χ0) is 21.6. The minimum atomic E-state index is -3.74. The molecule has 0 radical (unpaired) electrons. The van der Waals surface area contributed by atoms with Crippen molar-refractivity contribution in [1.29, 1.82) is 0 Å². The van der Waals surface area contributed by atoms with E-state index in [2.05, 4.69) is 10.2 Å². The summed E-state index contributed by atoms with van der Waals surface area (Å²) in [6.07, 6.45) is 0. The van der Waals surface area contributed by atoms with E-state index in [0.29, 0.717) is 24.8 Å². The summed E-state index contributed by atoms with van der Waals surface area (Å²) in [7, 11) is -2.14. The fourth-order valence-electron chi connectivity index (χ4n) is 3.33. The van der Waals surface area contributed by atoms with E-state index in [-0.39, 0.29) is 10.9 Å². The van der Waals surface area contributed by atoms with E-state index in [1.54, 1.807) is 7.11 Å². The maximum atomic E-state index is 12.5. The van der Waals surface area contributed by atoms with Crippen molar-refractivity contribution >= 4 is 27.3 Å². The largest absolute Gasteiger partial charge is 0.497 e. The molecule has 1 aliphatic rings. The Morgan fingerprint density at radius 2 is 1.77 bits per heavy atom. The van der Waals surface area contributed by atoms with Gasteiger partial charge >= 0.3 is 0 Å². The first kappa shape index (κ1) is 22.6. The third-order valence-electron chi connectivity index (χ3n) is 4.97. The van der Waals surface area contributed by atoms with Crippen LogP contribution in [0, 0.1) is 0 Å². The number of morpholine rings is 1. The van der Waals surface area contributed by atoms with Gasteiger partial charge in [0.15, 0.2) is 9.84 Å². The number of nitrogens with zero attached hydrogens (tertiary/aromatic N) is 1. The monoisotopic (exact) mass is 452 g/mol. The number of carbonyl (C=O) groups excluding carboxylic acids is 1. The quantitative estimate of drug-likeness (QED) is 0.661. The number of carbonyl (C=O) groups is 1. The summed E-state index contributed by atoms with van der Waals surface area (Å²) >= 11 is 5.81. The highest BCUT2D eigenvalue weighted by atomic mass is 35.5. The molecule has 0 spiro atoms. The Labute approximate surface area is 181 Å². The van der Waals surface area contributed by atoms with E-state index in [0.717, 1.165) is 24.4 Å². The second kappa shape index (κ2) is 10.3. The maximum Gasteiger partial charge on any atom is 0.235 e. The van der Waals surface area contributed by atoms with Gasteiger partial charge in [-0.25, -0.2) is 8.42 Å². The molecular formula is C21H25ClN2O5S. The first-order chi connectivity index (χ1) is 14.4. The summed E-state index contributed by atoms with van der Waals surface area (Å²) in [4.78, 5) is 14.7. The van der Waals surface area contributed by atoms with Gasteiger partial charge in [-0.2, -0.15) is 0 Å². The smallest absolute Gasteiger partial charge is 0.235 e. The Bertz CT molecular complexity index is 942. The molecule has 2 aromatic carbocycles. The van der Waals surface area contributed by atoms with Gasteiger partial charge in [-0.05, 0) is 42.0 Å². The Hall–Kier alpha value is -2.13. The number of methoxy groups -OCH3 is 1. The molecule has 1 heterocycles. The zero-order valence-corrected chi connectivity index (χ0v) is 18.3. The van der Waals surface area contributed by atoms with Crippen LogP contribution in [0.1, 0.15) is 11.6 Å². The predicted molar refractivity (Wildman–Crippen MR) is 115 cm³/mol. The first-order valence-electron chi connectivity index (χ1n) is 9.60. The molecule has 0 aromatic heterocycles. The number of benzene rings is 2. The highest BCUT2D eigenvalue weighted by Gasteiger charge is 2.25. The summed E-state index contributed by atoms with van der Waals surface area (Å²) in [5.74, 6) is -0.415. The van der Waals surface area contributed by atoms with Crippen molar-refractivity contribution < 1.29 is 22.7 Å². The van der Waals surface area contributed by atoms with Gasteiger partial charge in [-0.1, -0.05) is 23.7 Å². The molecule has 162 valence electrons. The molecule has 1 saturated heterocycles. The third-order valence-corrected chi connectivity index (χ3v) is 6.86. The van der Waals surface area contributed by atoms with Gasteiger partial charge in [0.2, 0.25) is 5.91 Å². The summed E-state index contributed by atoms with van der Waals surface area (Å²) < 4.78 is 35.6. The van der Waals surface area contributed by atoms with Crippen LogP contribution in [0.25, 0.3) is 0 Å². The Morgan fingerprint density at radius 3 is 2.37 bits per heavy atom. The van der Waals surface area contributed by atoms with Crippen molar-refractivity contribution in [3.8, 4) is 5.75 Å². The lowest BCUT2D eigenvalue weighted by molar-refractivity contribution is -0.119. The predicted octanol–water partition coefficient (Wildman–Crippen LogP) is 2.31. The lowest BCUT2D eigenvalue weighted by Crippen LogP contribution is -2.44. The minimum Gasteiger partial charge on any atom is -0.497 e. The Balaban J connectivity index is 1.68. The lowest BCUT2D eigenvalue weighted by Gasteiger charge is -2.35. The van der Waals surface area contributed by atoms with E-state index in [1.807, 2.05) is 24.3 Å². The first-order valence-corrected chi connectivity index (χ1v) is 11.6. The number of hydrogen-bond acceptors (Lipinski definition) is 6. The molecule has 9 heteroatoms. The van der Waals surface area contributed by atoms with Crippen LogP contribution >= 0.6 is 11.6 Å². The van der Waals surface area contributed by atoms with E-state index in [9.17, 15) is 13.2 Å². The molecule has 1 amide bonds. The van der Waals surface area contributed by atoms with Crippen LogP contribution in [-0.4, -0.2) is 64.9 Å². The van der Waals surface area contributed by atoms with Crippen molar-refractivity contribution in [2.24, 2.45) is 0 Å². The van der Waals surface area contributed by atoms with Gasteiger partial charge in [0, 0.05) is 24.7 Å². The molecule has 30 heavy (non-hydrogen) atoms. The van der Waals surface area contributed by atoms with Crippen LogP contribution in [0.15, 0.2) is 53.4 Å². The summed E-state index contributed by atoms with van der Waals surface area (Å²) in [5, 5.41) is 3.22.